The van der Waals surface area contributed by atoms with Crippen molar-refractivity contribution in [1.82, 2.24) is 20.3 Å². The van der Waals surface area contributed by atoms with Gasteiger partial charge in [-0.3, -0.25) is 4.90 Å². The van der Waals surface area contributed by atoms with Crippen LogP contribution in [-0.2, 0) is 4.74 Å². The molecule has 5 heteroatoms. The van der Waals surface area contributed by atoms with Gasteiger partial charge in [0.25, 0.3) is 0 Å². The SMILES string of the molecule is CCC(c1cn[nH]n1)N1CCOCC1. The summed E-state index contributed by atoms with van der Waals surface area (Å²) in [5, 5.41) is 10.7. The van der Waals surface area contributed by atoms with E-state index in [0.29, 0.717) is 6.04 Å². The van der Waals surface area contributed by atoms with Gasteiger partial charge in [0.05, 0.1) is 31.1 Å². The maximum atomic E-state index is 5.33. The van der Waals surface area contributed by atoms with Gasteiger partial charge < -0.3 is 4.74 Å². The zero-order valence-electron chi connectivity index (χ0n) is 8.44. The number of aromatic nitrogens is 3. The molecule has 1 fully saturated rings. The van der Waals surface area contributed by atoms with Gasteiger partial charge in [0.1, 0.15) is 0 Å². The lowest BCUT2D eigenvalue weighted by Crippen LogP contribution is -2.39. The van der Waals surface area contributed by atoms with Crippen LogP contribution in [0.2, 0.25) is 0 Å². The highest BCUT2D eigenvalue weighted by atomic mass is 16.5. The predicted octanol–water partition coefficient (Wildman–Crippen LogP) is 0.588. The first-order valence-corrected chi connectivity index (χ1v) is 5.09. The highest BCUT2D eigenvalue weighted by Gasteiger charge is 2.22. The fourth-order valence-electron chi connectivity index (χ4n) is 1.91. The van der Waals surface area contributed by atoms with Crippen LogP contribution in [0.5, 0.6) is 0 Å². The van der Waals surface area contributed by atoms with E-state index in [1.807, 2.05) is 6.20 Å². The van der Waals surface area contributed by atoms with Gasteiger partial charge in [-0.05, 0) is 6.42 Å². The average molecular weight is 196 g/mol. The minimum Gasteiger partial charge on any atom is -0.379 e. The molecule has 1 saturated heterocycles. The fraction of sp³-hybridized carbons (Fsp3) is 0.778. The third kappa shape index (κ3) is 1.93. The summed E-state index contributed by atoms with van der Waals surface area (Å²) < 4.78 is 5.33. The molecule has 0 bridgehead atoms. The van der Waals surface area contributed by atoms with E-state index in [0.717, 1.165) is 38.4 Å². The Hall–Kier alpha value is -0.940. The van der Waals surface area contributed by atoms with E-state index in [1.54, 1.807) is 0 Å². The molecular weight excluding hydrogens is 180 g/mol. The van der Waals surface area contributed by atoms with Crippen LogP contribution < -0.4 is 0 Å². The van der Waals surface area contributed by atoms with Crippen molar-refractivity contribution in [3.63, 3.8) is 0 Å². The summed E-state index contributed by atoms with van der Waals surface area (Å²) in [6, 6.07) is 0.387. The predicted molar refractivity (Wildman–Crippen MR) is 51.8 cm³/mol. The van der Waals surface area contributed by atoms with E-state index in [2.05, 4.69) is 27.2 Å². The Morgan fingerprint density at radius 2 is 2.36 bits per heavy atom. The largest absolute Gasteiger partial charge is 0.379 e. The Balaban J connectivity index is 2.04. The zero-order chi connectivity index (χ0) is 9.80. The van der Waals surface area contributed by atoms with Crippen LogP contribution in [-0.4, -0.2) is 46.6 Å². The van der Waals surface area contributed by atoms with E-state index < -0.39 is 0 Å². The molecule has 0 aliphatic carbocycles. The summed E-state index contributed by atoms with van der Waals surface area (Å²) in [6.45, 7) is 5.81. The molecule has 1 unspecified atom stereocenters. The number of morpholine rings is 1. The van der Waals surface area contributed by atoms with Crippen LogP contribution in [0.4, 0.5) is 0 Å². The Kier molecular flexibility index (Phi) is 3.10. The van der Waals surface area contributed by atoms with Crippen LogP contribution in [0.1, 0.15) is 25.1 Å². The van der Waals surface area contributed by atoms with Gasteiger partial charge in [-0.1, -0.05) is 6.92 Å². The first-order chi connectivity index (χ1) is 6.92. The third-order valence-electron chi connectivity index (χ3n) is 2.65. The first-order valence-electron chi connectivity index (χ1n) is 5.09. The van der Waals surface area contributed by atoms with Gasteiger partial charge in [0.15, 0.2) is 0 Å². The highest BCUT2D eigenvalue weighted by Crippen LogP contribution is 2.21. The normalized spacial score (nSPS) is 20.9. The topological polar surface area (TPSA) is 54.0 Å². The second kappa shape index (κ2) is 4.52. The number of ether oxygens (including phenoxy) is 1. The highest BCUT2D eigenvalue weighted by molar-refractivity contribution is 5.00. The summed E-state index contributed by atoms with van der Waals surface area (Å²) in [5.74, 6) is 0. The molecule has 5 nitrogen and oxygen atoms in total. The summed E-state index contributed by atoms with van der Waals surface area (Å²) in [6.07, 6.45) is 2.87. The average Bonchev–Trinajstić information content (AvgIpc) is 2.74. The van der Waals surface area contributed by atoms with E-state index in [-0.39, 0.29) is 0 Å². The molecule has 78 valence electrons. The summed E-state index contributed by atoms with van der Waals surface area (Å²) >= 11 is 0. The van der Waals surface area contributed by atoms with Crippen molar-refractivity contribution in [2.75, 3.05) is 26.3 Å². The third-order valence-corrected chi connectivity index (χ3v) is 2.65. The van der Waals surface area contributed by atoms with Gasteiger partial charge >= 0.3 is 0 Å². The standard InChI is InChI=1S/C9H16N4O/c1-2-9(8-7-10-12-11-8)13-3-5-14-6-4-13/h7,9H,2-6H2,1H3,(H,10,11,12). The first kappa shape index (κ1) is 9.61. The Bertz CT molecular complexity index is 256. The number of aromatic amines is 1. The molecule has 2 rings (SSSR count). The minimum atomic E-state index is 0.387. The Labute approximate surface area is 83.4 Å². The number of rotatable bonds is 3. The van der Waals surface area contributed by atoms with Gasteiger partial charge in [-0.15, -0.1) is 0 Å². The summed E-state index contributed by atoms with van der Waals surface area (Å²) in [4.78, 5) is 2.40. The van der Waals surface area contributed by atoms with Crippen LogP contribution in [0.15, 0.2) is 6.20 Å². The quantitative estimate of drug-likeness (QED) is 0.768. The molecule has 1 aliphatic heterocycles. The van der Waals surface area contributed by atoms with Crippen molar-refractivity contribution >= 4 is 0 Å². The molecular formula is C9H16N4O. The molecule has 0 aromatic carbocycles. The van der Waals surface area contributed by atoms with Gasteiger partial charge in [0, 0.05) is 13.1 Å². The molecule has 0 radical (unpaired) electrons. The molecule has 1 N–H and O–H groups in total. The van der Waals surface area contributed by atoms with Crippen molar-refractivity contribution < 1.29 is 4.74 Å². The maximum Gasteiger partial charge on any atom is 0.0995 e. The van der Waals surface area contributed by atoms with E-state index in [4.69, 9.17) is 4.74 Å². The minimum absolute atomic E-state index is 0.387. The lowest BCUT2D eigenvalue weighted by Gasteiger charge is -2.32. The van der Waals surface area contributed by atoms with Crippen LogP contribution in [0, 0.1) is 0 Å². The summed E-state index contributed by atoms with van der Waals surface area (Å²) in [7, 11) is 0. The lowest BCUT2D eigenvalue weighted by molar-refractivity contribution is 0.0143. The van der Waals surface area contributed by atoms with E-state index in [9.17, 15) is 0 Å². The van der Waals surface area contributed by atoms with Crippen molar-refractivity contribution in [3.05, 3.63) is 11.9 Å². The summed E-state index contributed by atoms with van der Waals surface area (Å²) in [5.41, 5.74) is 1.04. The van der Waals surface area contributed by atoms with Crippen molar-refractivity contribution in [2.45, 2.75) is 19.4 Å². The molecule has 1 aliphatic rings. The second-order valence-corrected chi connectivity index (χ2v) is 3.47. The number of H-pyrrole nitrogens is 1. The van der Waals surface area contributed by atoms with Crippen LogP contribution in [0.25, 0.3) is 0 Å². The van der Waals surface area contributed by atoms with E-state index in [1.165, 1.54) is 0 Å². The smallest absolute Gasteiger partial charge is 0.0995 e. The number of nitrogens with one attached hydrogen (secondary N) is 1. The number of hydrogen-bond donors (Lipinski definition) is 1. The molecule has 1 atom stereocenters. The lowest BCUT2D eigenvalue weighted by atomic mass is 10.1. The zero-order valence-corrected chi connectivity index (χ0v) is 8.44. The van der Waals surface area contributed by atoms with Gasteiger partial charge in [-0.2, -0.15) is 15.4 Å². The fourth-order valence-corrected chi connectivity index (χ4v) is 1.91. The van der Waals surface area contributed by atoms with Crippen molar-refractivity contribution in [3.8, 4) is 0 Å². The second-order valence-electron chi connectivity index (χ2n) is 3.47. The molecule has 2 heterocycles. The molecule has 1 aromatic rings. The molecule has 0 spiro atoms. The van der Waals surface area contributed by atoms with Crippen LogP contribution in [0.3, 0.4) is 0 Å². The molecule has 1 aromatic heterocycles. The van der Waals surface area contributed by atoms with Crippen molar-refractivity contribution in [1.29, 1.82) is 0 Å². The molecule has 0 amide bonds. The molecule has 14 heavy (non-hydrogen) atoms. The monoisotopic (exact) mass is 196 g/mol. The van der Waals surface area contributed by atoms with Crippen molar-refractivity contribution in [2.24, 2.45) is 0 Å². The van der Waals surface area contributed by atoms with Gasteiger partial charge in [-0.25, -0.2) is 0 Å². The maximum absolute atomic E-state index is 5.33. The number of hydrogen-bond acceptors (Lipinski definition) is 4. The molecule has 0 saturated carbocycles. The number of nitrogens with zero attached hydrogens (tertiary/aromatic N) is 3. The Morgan fingerprint density at radius 3 is 2.93 bits per heavy atom. The van der Waals surface area contributed by atoms with E-state index >= 15 is 0 Å². The van der Waals surface area contributed by atoms with Crippen LogP contribution >= 0.6 is 0 Å². The Morgan fingerprint density at radius 1 is 1.57 bits per heavy atom. The van der Waals surface area contributed by atoms with Gasteiger partial charge in [0.2, 0.25) is 0 Å².